The van der Waals surface area contributed by atoms with E-state index in [2.05, 4.69) is 9.47 Å². The number of rotatable bonds is 4. The molecule has 5 heteroatoms. The summed E-state index contributed by atoms with van der Waals surface area (Å²) in [6.45, 7) is 0. The topological polar surface area (TPSA) is 57.5 Å². The third-order valence-electron chi connectivity index (χ3n) is 2.32. The fourth-order valence-electron chi connectivity index (χ4n) is 1.34. The Bertz CT molecular complexity index is 445. The molecule has 0 aromatic carbocycles. The average molecular weight is 237 g/mol. The maximum absolute atomic E-state index is 11.5. The normalized spacial score (nSPS) is 11.1. The van der Waals surface area contributed by atoms with Gasteiger partial charge in [-0.3, -0.25) is 4.79 Å². The van der Waals surface area contributed by atoms with Crippen molar-refractivity contribution in [1.29, 1.82) is 0 Å². The van der Waals surface area contributed by atoms with Gasteiger partial charge in [-0.25, -0.2) is 4.79 Å². The Morgan fingerprint density at radius 3 is 2.53 bits per heavy atom. The second kappa shape index (κ2) is 5.89. The lowest BCUT2D eigenvalue weighted by Crippen LogP contribution is -2.11. The largest absolute Gasteiger partial charge is 0.469 e. The van der Waals surface area contributed by atoms with Gasteiger partial charge in [-0.05, 0) is 18.2 Å². The minimum Gasteiger partial charge on any atom is -0.469 e. The van der Waals surface area contributed by atoms with Crippen LogP contribution in [0.3, 0.4) is 0 Å². The Morgan fingerprint density at radius 1 is 1.35 bits per heavy atom. The van der Waals surface area contributed by atoms with Gasteiger partial charge >= 0.3 is 11.9 Å². The monoisotopic (exact) mass is 237 g/mol. The van der Waals surface area contributed by atoms with Crippen molar-refractivity contribution in [3.63, 3.8) is 0 Å². The number of carbonyl (C=O) groups is 2. The minimum atomic E-state index is -0.531. The van der Waals surface area contributed by atoms with E-state index in [1.807, 2.05) is 29.9 Å². The van der Waals surface area contributed by atoms with Crippen LogP contribution in [-0.4, -0.2) is 30.7 Å². The summed E-state index contributed by atoms with van der Waals surface area (Å²) < 4.78 is 11.0. The molecule has 0 aliphatic heterocycles. The van der Waals surface area contributed by atoms with E-state index in [4.69, 9.17) is 0 Å². The lowest BCUT2D eigenvalue weighted by Gasteiger charge is -2.05. The summed E-state index contributed by atoms with van der Waals surface area (Å²) in [5.74, 6) is -1.01. The lowest BCUT2D eigenvalue weighted by molar-refractivity contribution is -0.143. The van der Waals surface area contributed by atoms with Crippen LogP contribution in [0.1, 0.15) is 12.1 Å². The summed E-state index contributed by atoms with van der Waals surface area (Å²) in [4.78, 5) is 22.7. The van der Waals surface area contributed by atoms with E-state index in [1.165, 1.54) is 14.2 Å². The number of hydrogen-bond acceptors (Lipinski definition) is 4. The first-order valence-corrected chi connectivity index (χ1v) is 5.05. The zero-order valence-electron chi connectivity index (χ0n) is 10.1. The average Bonchev–Trinajstić information content (AvgIpc) is 2.73. The Kier molecular flexibility index (Phi) is 4.51. The number of carbonyl (C=O) groups excluding carboxylic acids is 2. The van der Waals surface area contributed by atoms with Gasteiger partial charge in [0.05, 0.1) is 26.2 Å². The summed E-state index contributed by atoms with van der Waals surface area (Å²) in [7, 11) is 4.40. The van der Waals surface area contributed by atoms with Crippen LogP contribution in [0.15, 0.2) is 23.9 Å². The highest BCUT2D eigenvalue weighted by atomic mass is 16.5. The maximum atomic E-state index is 11.5. The van der Waals surface area contributed by atoms with Crippen molar-refractivity contribution < 1.29 is 19.1 Å². The highest BCUT2D eigenvalue weighted by Gasteiger charge is 2.15. The zero-order valence-corrected chi connectivity index (χ0v) is 10.1. The molecular weight excluding hydrogens is 222 g/mol. The van der Waals surface area contributed by atoms with E-state index >= 15 is 0 Å². The van der Waals surface area contributed by atoms with Crippen molar-refractivity contribution in [1.82, 2.24) is 4.57 Å². The second-order valence-electron chi connectivity index (χ2n) is 3.46. The van der Waals surface area contributed by atoms with Gasteiger partial charge in [0.1, 0.15) is 0 Å². The van der Waals surface area contributed by atoms with Crippen molar-refractivity contribution in [2.75, 3.05) is 14.2 Å². The standard InChI is InChI=1S/C12H15NO4/c1-13-6-4-5-10(13)7-9(12(15)17-3)8-11(14)16-2/h4-7H,8H2,1-3H3/b9-7+. The van der Waals surface area contributed by atoms with Crippen molar-refractivity contribution in [2.24, 2.45) is 7.05 Å². The molecule has 1 heterocycles. The van der Waals surface area contributed by atoms with Gasteiger partial charge in [-0.15, -0.1) is 0 Å². The second-order valence-corrected chi connectivity index (χ2v) is 3.46. The van der Waals surface area contributed by atoms with Crippen LogP contribution in [0.4, 0.5) is 0 Å². The van der Waals surface area contributed by atoms with Gasteiger partial charge in [0.25, 0.3) is 0 Å². The Labute approximate surface area is 99.6 Å². The van der Waals surface area contributed by atoms with E-state index in [1.54, 1.807) is 6.08 Å². The maximum Gasteiger partial charge on any atom is 0.334 e. The van der Waals surface area contributed by atoms with Gasteiger partial charge in [0.15, 0.2) is 0 Å². The van der Waals surface area contributed by atoms with Gasteiger partial charge in [-0.2, -0.15) is 0 Å². The van der Waals surface area contributed by atoms with Gasteiger partial charge in [0, 0.05) is 18.9 Å². The molecule has 1 aromatic heterocycles. The van der Waals surface area contributed by atoms with Crippen LogP contribution in [0, 0.1) is 0 Å². The van der Waals surface area contributed by atoms with Crippen molar-refractivity contribution in [2.45, 2.75) is 6.42 Å². The smallest absolute Gasteiger partial charge is 0.334 e. The molecule has 5 nitrogen and oxygen atoms in total. The fraction of sp³-hybridized carbons (Fsp3) is 0.333. The summed E-state index contributed by atoms with van der Waals surface area (Å²) in [5, 5.41) is 0. The molecule has 0 saturated heterocycles. The van der Waals surface area contributed by atoms with Gasteiger partial charge in [0.2, 0.25) is 0 Å². The highest BCUT2D eigenvalue weighted by molar-refractivity contribution is 5.98. The third-order valence-corrected chi connectivity index (χ3v) is 2.32. The van der Waals surface area contributed by atoms with Crippen LogP contribution in [0.2, 0.25) is 0 Å². The summed E-state index contributed by atoms with van der Waals surface area (Å²) in [6.07, 6.45) is 3.36. The third kappa shape index (κ3) is 3.48. The summed E-state index contributed by atoms with van der Waals surface area (Å²) in [6, 6.07) is 3.68. The summed E-state index contributed by atoms with van der Waals surface area (Å²) >= 11 is 0. The molecular formula is C12H15NO4. The number of nitrogens with zero attached hydrogens (tertiary/aromatic N) is 1. The number of ether oxygens (including phenoxy) is 2. The zero-order chi connectivity index (χ0) is 12.8. The number of aromatic nitrogens is 1. The lowest BCUT2D eigenvalue weighted by atomic mass is 10.1. The predicted octanol–water partition coefficient (Wildman–Crippen LogP) is 1.14. The van der Waals surface area contributed by atoms with E-state index in [-0.39, 0.29) is 12.0 Å². The SMILES string of the molecule is COC(=O)C/C(=C\c1cccn1C)C(=O)OC. The molecule has 0 atom stereocenters. The van der Waals surface area contributed by atoms with Gasteiger partial charge < -0.3 is 14.0 Å². The Morgan fingerprint density at radius 2 is 2.06 bits per heavy atom. The number of hydrogen-bond donors (Lipinski definition) is 0. The molecule has 17 heavy (non-hydrogen) atoms. The first-order chi connectivity index (χ1) is 8.08. The quantitative estimate of drug-likeness (QED) is 0.582. The van der Waals surface area contributed by atoms with E-state index in [9.17, 15) is 9.59 Å². The molecule has 0 N–H and O–H groups in total. The molecule has 1 rings (SSSR count). The molecule has 0 radical (unpaired) electrons. The van der Waals surface area contributed by atoms with Crippen LogP contribution in [-0.2, 0) is 26.1 Å². The molecule has 0 saturated carbocycles. The van der Waals surface area contributed by atoms with Crippen molar-refractivity contribution in [3.05, 3.63) is 29.6 Å². The molecule has 1 aromatic rings. The first kappa shape index (κ1) is 13.0. The van der Waals surface area contributed by atoms with Crippen molar-refractivity contribution in [3.8, 4) is 0 Å². The highest BCUT2D eigenvalue weighted by Crippen LogP contribution is 2.12. The van der Waals surface area contributed by atoms with E-state index in [0.717, 1.165) is 5.69 Å². The molecule has 0 bridgehead atoms. The van der Waals surface area contributed by atoms with E-state index in [0.29, 0.717) is 0 Å². The molecule has 0 aliphatic carbocycles. The van der Waals surface area contributed by atoms with Crippen LogP contribution in [0.5, 0.6) is 0 Å². The molecule has 0 amide bonds. The molecule has 0 unspecified atom stereocenters. The minimum absolute atomic E-state index is 0.103. The predicted molar refractivity (Wildman–Crippen MR) is 62.0 cm³/mol. The summed E-state index contributed by atoms with van der Waals surface area (Å²) in [5.41, 5.74) is 1.08. The first-order valence-electron chi connectivity index (χ1n) is 5.05. The number of methoxy groups -OCH3 is 2. The molecule has 92 valence electrons. The number of esters is 2. The Hall–Kier alpha value is -2.04. The van der Waals surface area contributed by atoms with E-state index < -0.39 is 11.9 Å². The number of aryl methyl sites for hydroxylation is 1. The van der Waals surface area contributed by atoms with Crippen LogP contribution >= 0.6 is 0 Å². The fourth-order valence-corrected chi connectivity index (χ4v) is 1.34. The molecule has 0 aliphatic rings. The van der Waals surface area contributed by atoms with Crippen molar-refractivity contribution >= 4 is 18.0 Å². The van der Waals surface area contributed by atoms with Gasteiger partial charge in [-0.1, -0.05) is 0 Å². The molecule has 0 fully saturated rings. The Balaban J connectivity index is 2.98. The van der Waals surface area contributed by atoms with Crippen LogP contribution < -0.4 is 0 Å². The van der Waals surface area contributed by atoms with Crippen LogP contribution in [0.25, 0.3) is 6.08 Å². The molecule has 0 spiro atoms.